The molecule has 0 aromatic heterocycles. The van der Waals surface area contributed by atoms with E-state index in [9.17, 15) is 9.90 Å². The van der Waals surface area contributed by atoms with Gasteiger partial charge in [0.1, 0.15) is 16.5 Å². The standard InChI is InChI=1S/C9H7ClO3/c10-7-8(12)6(4-11)3-5-1-2-13-9(5)7/h3-4,12H,1-2H2. The molecule has 0 radical (unpaired) electrons. The van der Waals surface area contributed by atoms with Crippen LogP contribution in [0.5, 0.6) is 11.5 Å². The predicted molar refractivity (Wildman–Crippen MR) is 47.7 cm³/mol. The third kappa shape index (κ3) is 1.16. The lowest BCUT2D eigenvalue weighted by Crippen LogP contribution is -1.88. The average molecular weight is 199 g/mol. The summed E-state index contributed by atoms with van der Waals surface area (Å²) in [6, 6.07) is 1.61. The van der Waals surface area contributed by atoms with Crippen molar-refractivity contribution in [2.75, 3.05) is 6.61 Å². The van der Waals surface area contributed by atoms with Crippen LogP contribution in [0.1, 0.15) is 15.9 Å². The van der Waals surface area contributed by atoms with E-state index in [1.165, 1.54) is 0 Å². The molecule has 2 rings (SSSR count). The number of hydrogen-bond donors (Lipinski definition) is 1. The van der Waals surface area contributed by atoms with Crippen LogP contribution in [0.4, 0.5) is 0 Å². The zero-order chi connectivity index (χ0) is 9.42. The fourth-order valence-corrected chi connectivity index (χ4v) is 1.68. The van der Waals surface area contributed by atoms with Crippen molar-refractivity contribution in [3.63, 3.8) is 0 Å². The zero-order valence-corrected chi connectivity index (χ0v) is 7.47. The lowest BCUT2D eigenvalue weighted by Gasteiger charge is -2.05. The van der Waals surface area contributed by atoms with E-state index >= 15 is 0 Å². The summed E-state index contributed by atoms with van der Waals surface area (Å²) >= 11 is 5.79. The topological polar surface area (TPSA) is 46.5 Å². The molecule has 0 bridgehead atoms. The molecule has 1 N–H and O–H groups in total. The van der Waals surface area contributed by atoms with Gasteiger partial charge in [0, 0.05) is 12.0 Å². The van der Waals surface area contributed by atoms with Gasteiger partial charge >= 0.3 is 0 Å². The fraction of sp³-hybridized carbons (Fsp3) is 0.222. The number of aldehydes is 1. The van der Waals surface area contributed by atoms with Gasteiger partial charge in [-0.05, 0) is 6.07 Å². The molecule has 1 aromatic carbocycles. The van der Waals surface area contributed by atoms with E-state index in [0.717, 1.165) is 12.0 Å². The second kappa shape index (κ2) is 2.92. The van der Waals surface area contributed by atoms with E-state index in [1.807, 2.05) is 0 Å². The van der Waals surface area contributed by atoms with Gasteiger partial charge in [-0.1, -0.05) is 11.6 Å². The molecule has 0 unspecified atom stereocenters. The Hall–Kier alpha value is -1.22. The summed E-state index contributed by atoms with van der Waals surface area (Å²) in [5.74, 6) is 0.307. The number of carbonyl (C=O) groups excluding carboxylic acids is 1. The van der Waals surface area contributed by atoms with E-state index in [-0.39, 0.29) is 16.3 Å². The van der Waals surface area contributed by atoms with Gasteiger partial charge in [0.15, 0.2) is 6.29 Å². The van der Waals surface area contributed by atoms with Gasteiger partial charge < -0.3 is 9.84 Å². The second-order valence-corrected chi connectivity index (χ2v) is 3.21. The molecular formula is C9H7ClO3. The van der Waals surface area contributed by atoms with Crippen molar-refractivity contribution in [1.29, 1.82) is 0 Å². The summed E-state index contributed by atoms with van der Waals surface area (Å²) in [4.78, 5) is 10.5. The SMILES string of the molecule is O=Cc1cc2c(c(Cl)c1O)OCC2. The van der Waals surface area contributed by atoms with Crippen molar-refractivity contribution in [2.45, 2.75) is 6.42 Å². The highest BCUT2D eigenvalue weighted by molar-refractivity contribution is 6.34. The molecule has 0 aliphatic carbocycles. The van der Waals surface area contributed by atoms with Crippen LogP contribution in [0.3, 0.4) is 0 Å². The molecule has 0 fully saturated rings. The Balaban J connectivity index is 2.68. The van der Waals surface area contributed by atoms with Gasteiger partial charge in [-0.3, -0.25) is 4.79 Å². The Bertz CT molecular complexity index is 374. The van der Waals surface area contributed by atoms with Gasteiger partial charge in [0.25, 0.3) is 0 Å². The lowest BCUT2D eigenvalue weighted by molar-refractivity contribution is 0.112. The van der Waals surface area contributed by atoms with E-state index < -0.39 is 0 Å². The van der Waals surface area contributed by atoms with Crippen molar-refractivity contribution < 1.29 is 14.6 Å². The van der Waals surface area contributed by atoms with E-state index in [4.69, 9.17) is 16.3 Å². The molecule has 0 saturated heterocycles. The largest absolute Gasteiger partial charge is 0.505 e. The smallest absolute Gasteiger partial charge is 0.153 e. The number of fused-ring (bicyclic) bond motifs is 1. The summed E-state index contributed by atoms with van der Waals surface area (Å²) in [6.07, 6.45) is 1.32. The molecule has 0 atom stereocenters. The van der Waals surface area contributed by atoms with E-state index in [2.05, 4.69) is 0 Å². The number of rotatable bonds is 1. The quantitative estimate of drug-likeness (QED) is 0.700. The van der Waals surface area contributed by atoms with Crippen LogP contribution < -0.4 is 4.74 Å². The first-order valence-electron chi connectivity index (χ1n) is 3.86. The molecule has 68 valence electrons. The maximum Gasteiger partial charge on any atom is 0.153 e. The number of phenolic OH excluding ortho intramolecular Hbond substituents is 1. The van der Waals surface area contributed by atoms with Crippen LogP contribution in [0.15, 0.2) is 6.07 Å². The van der Waals surface area contributed by atoms with Crippen molar-refractivity contribution in [1.82, 2.24) is 0 Å². The molecule has 0 amide bonds. The summed E-state index contributed by atoms with van der Waals surface area (Å²) in [5, 5.41) is 9.55. The number of phenols is 1. The van der Waals surface area contributed by atoms with Crippen molar-refractivity contribution in [3.05, 3.63) is 22.2 Å². The fourth-order valence-electron chi connectivity index (χ4n) is 1.39. The minimum absolute atomic E-state index is 0.136. The van der Waals surface area contributed by atoms with Gasteiger partial charge in [0.2, 0.25) is 0 Å². The maximum absolute atomic E-state index is 10.5. The third-order valence-corrected chi connectivity index (χ3v) is 2.40. The van der Waals surface area contributed by atoms with Gasteiger partial charge in [0.05, 0.1) is 12.2 Å². The summed E-state index contributed by atoms with van der Waals surface area (Å²) in [5.41, 5.74) is 1.10. The summed E-state index contributed by atoms with van der Waals surface area (Å²) < 4.78 is 5.20. The normalized spacial score (nSPS) is 13.6. The molecule has 1 aliphatic heterocycles. The highest BCUT2D eigenvalue weighted by Gasteiger charge is 2.21. The molecule has 13 heavy (non-hydrogen) atoms. The van der Waals surface area contributed by atoms with Gasteiger partial charge in [-0.15, -0.1) is 0 Å². The van der Waals surface area contributed by atoms with E-state index in [0.29, 0.717) is 18.6 Å². The average Bonchev–Trinajstić information content (AvgIpc) is 2.59. The predicted octanol–water partition coefficient (Wildman–Crippen LogP) is 1.79. The molecule has 3 nitrogen and oxygen atoms in total. The Morgan fingerprint density at radius 2 is 2.38 bits per heavy atom. The molecule has 1 aliphatic rings. The first-order valence-corrected chi connectivity index (χ1v) is 4.24. The molecule has 4 heteroatoms. The first kappa shape index (κ1) is 8.38. The first-order chi connectivity index (χ1) is 6.24. The number of aromatic hydroxyl groups is 1. The number of halogens is 1. The zero-order valence-electron chi connectivity index (χ0n) is 6.71. The molecule has 0 saturated carbocycles. The van der Waals surface area contributed by atoms with Gasteiger partial charge in [-0.2, -0.15) is 0 Å². The van der Waals surface area contributed by atoms with Crippen molar-refractivity contribution >= 4 is 17.9 Å². The molecular weight excluding hydrogens is 192 g/mol. The van der Waals surface area contributed by atoms with Crippen molar-refractivity contribution in [2.24, 2.45) is 0 Å². The van der Waals surface area contributed by atoms with Crippen LogP contribution in [-0.2, 0) is 6.42 Å². The van der Waals surface area contributed by atoms with Crippen molar-refractivity contribution in [3.8, 4) is 11.5 Å². The minimum atomic E-state index is -0.197. The van der Waals surface area contributed by atoms with Crippen LogP contribution in [0.25, 0.3) is 0 Å². The van der Waals surface area contributed by atoms with Crippen LogP contribution >= 0.6 is 11.6 Å². The highest BCUT2D eigenvalue weighted by Crippen LogP contribution is 2.41. The number of ether oxygens (including phenoxy) is 1. The van der Waals surface area contributed by atoms with Gasteiger partial charge in [-0.25, -0.2) is 0 Å². The highest BCUT2D eigenvalue weighted by atomic mass is 35.5. The Morgan fingerprint density at radius 3 is 3.08 bits per heavy atom. The van der Waals surface area contributed by atoms with Crippen LogP contribution in [0, 0.1) is 0 Å². The number of carbonyl (C=O) groups is 1. The second-order valence-electron chi connectivity index (χ2n) is 2.83. The molecule has 1 heterocycles. The van der Waals surface area contributed by atoms with E-state index in [1.54, 1.807) is 6.07 Å². The maximum atomic E-state index is 10.5. The number of benzene rings is 1. The Kier molecular flexibility index (Phi) is 1.88. The lowest BCUT2D eigenvalue weighted by atomic mass is 10.1. The van der Waals surface area contributed by atoms with Crippen LogP contribution in [0.2, 0.25) is 5.02 Å². The summed E-state index contributed by atoms with van der Waals surface area (Å²) in [6.45, 7) is 0.552. The minimum Gasteiger partial charge on any atom is -0.505 e. The third-order valence-electron chi connectivity index (χ3n) is 2.05. The number of hydrogen-bond acceptors (Lipinski definition) is 3. The molecule has 1 aromatic rings. The Labute approximate surface area is 79.9 Å². The van der Waals surface area contributed by atoms with Crippen LogP contribution in [-0.4, -0.2) is 18.0 Å². The monoisotopic (exact) mass is 198 g/mol. The molecule has 0 spiro atoms. The summed E-state index contributed by atoms with van der Waals surface area (Å²) in [7, 11) is 0. The Morgan fingerprint density at radius 1 is 1.62 bits per heavy atom.